The summed E-state index contributed by atoms with van der Waals surface area (Å²) in [6.45, 7) is 0. The molecule has 13 heavy (non-hydrogen) atoms. The van der Waals surface area contributed by atoms with Crippen molar-refractivity contribution in [2.45, 2.75) is 17.1 Å². The lowest BCUT2D eigenvalue weighted by Crippen LogP contribution is -2.16. The van der Waals surface area contributed by atoms with Crippen LogP contribution in [0.3, 0.4) is 0 Å². The van der Waals surface area contributed by atoms with Crippen molar-refractivity contribution >= 4 is 34.9 Å². The molecule has 2 rings (SSSR count). The highest BCUT2D eigenvalue weighted by molar-refractivity contribution is 8.17. The van der Waals surface area contributed by atoms with Crippen LogP contribution in [0.4, 0.5) is 0 Å². The molecule has 0 saturated carbocycles. The Balaban J connectivity index is 1.99. The quantitative estimate of drug-likeness (QED) is 0.850. The van der Waals surface area contributed by atoms with Gasteiger partial charge in [-0.25, -0.2) is 4.98 Å². The monoisotopic (exact) mass is 233 g/mol. The molecule has 1 aromatic rings. The summed E-state index contributed by atoms with van der Waals surface area (Å²) in [5, 5.41) is 11.9. The summed E-state index contributed by atoms with van der Waals surface area (Å²) in [5.74, 6) is 2.33. The molecule has 1 aromatic heterocycles. The summed E-state index contributed by atoms with van der Waals surface area (Å²) >= 11 is 5.24. The first-order valence-corrected chi connectivity index (χ1v) is 7.21. The van der Waals surface area contributed by atoms with Gasteiger partial charge in [-0.1, -0.05) is 0 Å². The molecule has 1 fully saturated rings. The minimum absolute atomic E-state index is 0.288. The molecule has 2 nitrogen and oxygen atoms in total. The van der Waals surface area contributed by atoms with Gasteiger partial charge in [0.05, 0.1) is 15.8 Å². The maximum Gasteiger partial charge on any atom is 0.118 e. The molecule has 2 heterocycles. The predicted octanol–water partition coefficient (Wildman–Crippen LogP) is 2.37. The van der Waals surface area contributed by atoms with E-state index in [1.165, 1.54) is 17.9 Å². The van der Waals surface area contributed by atoms with Crippen LogP contribution in [0.25, 0.3) is 0 Å². The average molecular weight is 233 g/mol. The van der Waals surface area contributed by atoms with Crippen LogP contribution >= 0.6 is 34.9 Å². The van der Waals surface area contributed by atoms with Gasteiger partial charge in [-0.15, -0.1) is 34.9 Å². The fraction of sp³-hybridized carbons (Fsp3) is 0.625. The number of aliphatic hydroxyl groups is 1. The van der Waals surface area contributed by atoms with Crippen molar-refractivity contribution in [1.82, 2.24) is 4.98 Å². The van der Waals surface area contributed by atoms with E-state index in [1.54, 1.807) is 16.8 Å². The molecule has 1 unspecified atom stereocenters. The van der Waals surface area contributed by atoms with Crippen molar-refractivity contribution in [3.8, 4) is 0 Å². The smallest absolute Gasteiger partial charge is 0.118 e. The zero-order valence-corrected chi connectivity index (χ0v) is 9.50. The molecule has 0 spiro atoms. The van der Waals surface area contributed by atoms with Gasteiger partial charge in [-0.05, 0) is 17.9 Å². The third-order valence-corrected chi connectivity index (χ3v) is 5.51. The van der Waals surface area contributed by atoms with Gasteiger partial charge < -0.3 is 5.11 Å². The highest BCUT2D eigenvalue weighted by atomic mass is 32.2. The van der Waals surface area contributed by atoms with Gasteiger partial charge in [0.2, 0.25) is 0 Å². The van der Waals surface area contributed by atoms with Gasteiger partial charge >= 0.3 is 0 Å². The van der Waals surface area contributed by atoms with E-state index >= 15 is 0 Å². The molecule has 0 aliphatic carbocycles. The molecular formula is C8H11NOS3. The van der Waals surface area contributed by atoms with Gasteiger partial charge in [0.1, 0.15) is 6.10 Å². The average Bonchev–Trinajstić information content (AvgIpc) is 2.71. The largest absolute Gasteiger partial charge is 0.385 e. The van der Waals surface area contributed by atoms with E-state index in [-0.39, 0.29) is 10.7 Å². The molecule has 1 atom stereocenters. The Labute approximate surface area is 90.2 Å². The van der Waals surface area contributed by atoms with Crippen LogP contribution in [0, 0.1) is 0 Å². The molecule has 0 radical (unpaired) electrons. The van der Waals surface area contributed by atoms with E-state index in [2.05, 4.69) is 4.98 Å². The van der Waals surface area contributed by atoms with E-state index in [0.717, 1.165) is 5.69 Å². The third kappa shape index (κ3) is 2.40. The normalized spacial score (nSPS) is 21.6. The molecule has 72 valence electrons. The van der Waals surface area contributed by atoms with Gasteiger partial charge in [0, 0.05) is 5.38 Å². The zero-order valence-electron chi connectivity index (χ0n) is 7.05. The lowest BCUT2D eigenvalue weighted by molar-refractivity contribution is 0.192. The van der Waals surface area contributed by atoms with Gasteiger partial charge in [0.15, 0.2) is 0 Å². The van der Waals surface area contributed by atoms with Crippen molar-refractivity contribution in [1.29, 1.82) is 0 Å². The van der Waals surface area contributed by atoms with Crippen LogP contribution < -0.4 is 0 Å². The van der Waals surface area contributed by atoms with Crippen LogP contribution in [0.15, 0.2) is 10.9 Å². The zero-order chi connectivity index (χ0) is 9.10. The summed E-state index contributed by atoms with van der Waals surface area (Å²) in [6, 6.07) is 0. The van der Waals surface area contributed by atoms with Crippen molar-refractivity contribution in [2.24, 2.45) is 0 Å². The Bertz CT molecular complexity index is 246. The maximum absolute atomic E-state index is 9.94. The Hall–Kier alpha value is 0.290. The fourth-order valence-electron chi connectivity index (χ4n) is 1.20. The summed E-state index contributed by atoms with van der Waals surface area (Å²) in [4.78, 5) is 4.13. The SMILES string of the molecule is OC(c1cscn1)C1SCCCS1. The molecular weight excluding hydrogens is 222 g/mol. The fourth-order valence-corrected chi connectivity index (χ4v) is 4.65. The number of hydrogen-bond donors (Lipinski definition) is 1. The lowest BCUT2D eigenvalue weighted by atomic mass is 10.3. The first kappa shape index (κ1) is 9.83. The third-order valence-electron chi connectivity index (χ3n) is 1.87. The Morgan fingerprint density at radius 2 is 2.23 bits per heavy atom. The number of aromatic nitrogens is 1. The summed E-state index contributed by atoms with van der Waals surface area (Å²) in [5.41, 5.74) is 2.60. The summed E-state index contributed by atoms with van der Waals surface area (Å²) < 4.78 is 0.288. The molecule has 1 N–H and O–H groups in total. The van der Waals surface area contributed by atoms with Gasteiger partial charge in [-0.3, -0.25) is 0 Å². The second-order valence-corrected chi connectivity index (χ2v) is 6.34. The first-order chi connectivity index (χ1) is 6.38. The number of thioether (sulfide) groups is 2. The second-order valence-electron chi connectivity index (χ2n) is 2.82. The van der Waals surface area contributed by atoms with Crippen LogP contribution in [0.2, 0.25) is 0 Å². The number of aliphatic hydroxyl groups excluding tert-OH is 1. The van der Waals surface area contributed by atoms with E-state index < -0.39 is 0 Å². The minimum Gasteiger partial charge on any atom is -0.385 e. The van der Waals surface area contributed by atoms with Crippen LogP contribution in [0.5, 0.6) is 0 Å². The topological polar surface area (TPSA) is 33.1 Å². The van der Waals surface area contributed by atoms with E-state index in [9.17, 15) is 5.11 Å². The minimum atomic E-state index is -0.387. The standard InChI is InChI=1S/C8H11NOS3/c10-7(6-4-11-5-9-6)8-12-2-1-3-13-8/h4-5,7-8,10H,1-3H2. The number of rotatable bonds is 2. The molecule has 0 aromatic carbocycles. The first-order valence-electron chi connectivity index (χ1n) is 4.17. The van der Waals surface area contributed by atoms with E-state index in [0.29, 0.717) is 0 Å². The lowest BCUT2D eigenvalue weighted by Gasteiger charge is -2.24. The summed E-state index contributed by atoms with van der Waals surface area (Å²) in [6.07, 6.45) is 0.872. The number of hydrogen-bond acceptors (Lipinski definition) is 5. The van der Waals surface area contributed by atoms with Crippen molar-refractivity contribution in [3.05, 3.63) is 16.6 Å². The molecule has 0 amide bonds. The predicted molar refractivity (Wildman–Crippen MR) is 60.4 cm³/mol. The highest BCUT2D eigenvalue weighted by Gasteiger charge is 2.25. The molecule has 5 heteroatoms. The Kier molecular flexibility index (Phi) is 3.54. The second kappa shape index (κ2) is 4.68. The van der Waals surface area contributed by atoms with Crippen molar-refractivity contribution in [3.63, 3.8) is 0 Å². The molecule has 1 aliphatic heterocycles. The van der Waals surface area contributed by atoms with E-state index in [4.69, 9.17) is 0 Å². The molecule has 1 aliphatic rings. The summed E-state index contributed by atoms with van der Waals surface area (Å²) in [7, 11) is 0. The maximum atomic E-state index is 9.94. The van der Waals surface area contributed by atoms with Crippen molar-refractivity contribution in [2.75, 3.05) is 11.5 Å². The van der Waals surface area contributed by atoms with Crippen molar-refractivity contribution < 1.29 is 5.11 Å². The molecule has 0 bridgehead atoms. The van der Waals surface area contributed by atoms with Gasteiger partial charge in [0.25, 0.3) is 0 Å². The van der Waals surface area contributed by atoms with Crippen LogP contribution in [-0.2, 0) is 0 Å². The van der Waals surface area contributed by atoms with Crippen LogP contribution in [0.1, 0.15) is 18.2 Å². The highest BCUT2D eigenvalue weighted by Crippen LogP contribution is 2.38. The van der Waals surface area contributed by atoms with E-state index in [1.807, 2.05) is 28.9 Å². The Morgan fingerprint density at radius 3 is 2.85 bits per heavy atom. The Morgan fingerprint density at radius 1 is 1.46 bits per heavy atom. The van der Waals surface area contributed by atoms with Gasteiger partial charge in [-0.2, -0.15) is 0 Å². The van der Waals surface area contributed by atoms with Crippen LogP contribution in [-0.4, -0.2) is 26.2 Å². The number of thiazole rings is 1. The molecule has 1 saturated heterocycles. The number of nitrogens with zero attached hydrogens (tertiary/aromatic N) is 1.